The predicted octanol–water partition coefficient (Wildman–Crippen LogP) is 4.58. The highest BCUT2D eigenvalue weighted by Crippen LogP contribution is 2.24. The number of furan rings is 1. The fourth-order valence-electron chi connectivity index (χ4n) is 1.31. The van der Waals surface area contributed by atoms with Crippen LogP contribution in [0.3, 0.4) is 0 Å². The van der Waals surface area contributed by atoms with Crippen LogP contribution in [0.5, 0.6) is 5.75 Å². The summed E-state index contributed by atoms with van der Waals surface area (Å²) in [5.74, 6) is 1.55. The molecule has 4 heteroatoms. The molecule has 2 aromatic rings. The van der Waals surface area contributed by atoms with Crippen molar-refractivity contribution in [3.05, 3.63) is 51.3 Å². The lowest BCUT2D eigenvalue weighted by atomic mass is 10.2. The summed E-state index contributed by atoms with van der Waals surface area (Å²) >= 11 is 9.13. The van der Waals surface area contributed by atoms with Gasteiger partial charge < -0.3 is 9.15 Å². The second-order valence-electron chi connectivity index (χ2n) is 3.40. The van der Waals surface area contributed by atoms with Crippen molar-refractivity contribution in [1.82, 2.24) is 0 Å². The molecule has 1 heterocycles. The van der Waals surface area contributed by atoms with Gasteiger partial charge in [0.15, 0.2) is 4.67 Å². The molecule has 0 spiro atoms. The normalized spacial score (nSPS) is 10.4. The predicted molar refractivity (Wildman–Crippen MR) is 66.9 cm³/mol. The molecule has 0 radical (unpaired) electrons. The molecule has 0 bridgehead atoms. The second-order valence-corrected chi connectivity index (χ2v) is 4.62. The maximum atomic E-state index is 5.89. The lowest BCUT2D eigenvalue weighted by Crippen LogP contribution is -1.95. The fraction of sp³-hybridized carbons (Fsp3) is 0.167. The van der Waals surface area contributed by atoms with Crippen LogP contribution in [-0.4, -0.2) is 0 Å². The van der Waals surface area contributed by atoms with Gasteiger partial charge in [-0.05, 0) is 52.7 Å². The van der Waals surface area contributed by atoms with Crippen LogP contribution < -0.4 is 4.74 Å². The molecule has 0 saturated carbocycles. The molecule has 0 aliphatic carbocycles. The van der Waals surface area contributed by atoms with Crippen LogP contribution in [0.15, 0.2) is 39.4 Å². The molecule has 0 aliphatic heterocycles. The molecular weight excluding hydrogens is 291 g/mol. The Hall–Kier alpha value is -0.930. The standard InChI is InChI=1S/C12H10BrClO2/c1-8-2-3-9(14)6-11(8)15-7-10-4-5-12(13)16-10/h2-6H,7H2,1H3. The molecular formula is C12H10BrClO2. The van der Waals surface area contributed by atoms with Crippen molar-refractivity contribution in [2.24, 2.45) is 0 Å². The Morgan fingerprint density at radius 1 is 1.31 bits per heavy atom. The molecule has 0 amide bonds. The molecule has 0 N–H and O–H groups in total. The SMILES string of the molecule is Cc1ccc(Cl)cc1OCc1ccc(Br)o1. The highest BCUT2D eigenvalue weighted by Gasteiger charge is 2.03. The summed E-state index contributed by atoms with van der Waals surface area (Å²) < 4.78 is 11.7. The summed E-state index contributed by atoms with van der Waals surface area (Å²) in [5, 5.41) is 0.668. The van der Waals surface area contributed by atoms with Gasteiger partial charge in [0, 0.05) is 5.02 Å². The van der Waals surface area contributed by atoms with E-state index >= 15 is 0 Å². The summed E-state index contributed by atoms with van der Waals surface area (Å²) in [6.07, 6.45) is 0. The summed E-state index contributed by atoms with van der Waals surface area (Å²) in [6.45, 7) is 2.37. The Labute approximate surface area is 107 Å². The van der Waals surface area contributed by atoms with Crippen molar-refractivity contribution in [3.63, 3.8) is 0 Å². The lowest BCUT2D eigenvalue weighted by molar-refractivity contribution is 0.266. The average Bonchev–Trinajstić information content (AvgIpc) is 2.66. The Balaban J connectivity index is 2.07. The first-order chi connectivity index (χ1) is 7.65. The molecule has 2 nitrogen and oxygen atoms in total. The van der Waals surface area contributed by atoms with Crippen LogP contribution in [0.2, 0.25) is 5.02 Å². The summed E-state index contributed by atoms with van der Waals surface area (Å²) in [6, 6.07) is 9.27. The third kappa shape index (κ3) is 2.80. The minimum atomic E-state index is 0.396. The van der Waals surface area contributed by atoms with Gasteiger partial charge in [0.1, 0.15) is 18.1 Å². The van der Waals surface area contributed by atoms with Crippen LogP contribution in [0.1, 0.15) is 11.3 Å². The number of ether oxygens (including phenoxy) is 1. The first-order valence-electron chi connectivity index (χ1n) is 4.78. The van der Waals surface area contributed by atoms with Gasteiger partial charge in [-0.2, -0.15) is 0 Å². The Morgan fingerprint density at radius 2 is 2.12 bits per heavy atom. The Kier molecular flexibility index (Phi) is 3.56. The molecule has 0 fully saturated rings. The molecule has 0 unspecified atom stereocenters. The smallest absolute Gasteiger partial charge is 0.169 e. The molecule has 84 valence electrons. The van der Waals surface area contributed by atoms with Crippen LogP contribution in [0.4, 0.5) is 0 Å². The number of benzene rings is 1. The van der Waals surface area contributed by atoms with Gasteiger partial charge >= 0.3 is 0 Å². The maximum Gasteiger partial charge on any atom is 0.169 e. The van der Waals surface area contributed by atoms with Gasteiger partial charge in [0.2, 0.25) is 0 Å². The second kappa shape index (κ2) is 4.93. The van der Waals surface area contributed by atoms with Crippen molar-refractivity contribution in [2.75, 3.05) is 0 Å². The van der Waals surface area contributed by atoms with E-state index in [0.717, 1.165) is 17.1 Å². The topological polar surface area (TPSA) is 22.4 Å². The molecule has 0 atom stereocenters. The van der Waals surface area contributed by atoms with Crippen molar-refractivity contribution in [3.8, 4) is 5.75 Å². The molecule has 1 aromatic heterocycles. The zero-order chi connectivity index (χ0) is 11.5. The molecule has 0 aliphatic rings. The lowest BCUT2D eigenvalue weighted by Gasteiger charge is -2.07. The zero-order valence-corrected chi connectivity index (χ0v) is 11.0. The van der Waals surface area contributed by atoms with Crippen LogP contribution >= 0.6 is 27.5 Å². The van der Waals surface area contributed by atoms with Gasteiger partial charge in [-0.15, -0.1) is 0 Å². The minimum Gasteiger partial charge on any atom is -0.485 e. The van der Waals surface area contributed by atoms with Gasteiger partial charge in [-0.25, -0.2) is 0 Å². The van der Waals surface area contributed by atoms with E-state index in [9.17, 15) is 0 Å². The third-order valence-electron chi connectivity index (χ3n) is 2.15. The third-order valence-corrected chi connectivity index (χ3v) is 2.81. The number of rotatable bonds is 3. The summed E-state index contributed by atoms with van der Waals surface area (Å²) in [5.41, 5.74) is 1.05. The monoisotopic (exact) mass is 300 g/mol. The number of halogens is 2. The summed E-state index contributed by atoms with van der Waals surface area (Å²) in [7, 11) is 0. The molecule has 16 heavy (non-hydrogen) atoms. The van der Waals surface area contributed by atoms with Crippen molar-refractivity contribution in [1.29, 1.82) is 0 Å². The van der Waals surface area contributed by atoms with Gasteiger partial charge in [0.05, 0.1) is 0 Å². The van der Waals surface area contributed by atoms with Gasteiger partial charge in [-0.3, -0.25) is 0 Å². The Morgan fingerprint density at radius 3 is 2.81 bits per heavy atom. The average molecular weight is 302 g/mol. The van der Waals surface area contributed by atoms with Crippen LogP contribution in [-0.2, 0) is 6.61 Å². The van der Waals surface area contributed by atoms with E-state index in [-0.39, 0.29) is 0 Å². The molecule has 1 aromatic carbocycles. The van der Waals surface area contributed by atoms with E-state index in [0.29, 0.717) is 16.3 Å². The van der Waals surface area contributed by atoms with E-state index in [1.807, 2.05) is 31.2 Å². The quantitative estimate of drug-likeness (QED) is 0.828. The highest BCUT2D eigenvalue weighted by molar-refractivity contribution is 9.10. The van der Waals surface area contributed by atoms with Crippen LogP contribution in [0.25, 0.3) is 0 Å². The van der Waals surface area contributed by atoms with Crippen molar-refractivity contribution < 1.29 is 9.15 Å². The van der Waals surface area contributed by atoms with E-state index in [1.165, 1.54) is 0 Å². The first-order valence-corrected chi connectivity index (χ1v) is 5.95. The number of hydrogen-bond donors (Lipinski definition) is 0. The van der Waals surface area contributed by atoms with E-state index in [4.69, 9.17) is 20.8 Å². The fourth-order valence-corrected chi connectivity index (χ4v) is 1.81. The highest BCUT2D eigenvalue weighted by atomic mass is 79.9. The Bertz CT molecular complexity index is 494. The van der Waals surface area contributed by atoms with E-state index < -0.39 is 0 Å². The number of hydrogen-bond acceptors (Lipinski definition) is 2. The molecule has 2 rings (SSSR count). The minimum absolute atomic E-state index is 0.396. The summed E-state index contributed by atoms with van der Waals surface area (Å²) in [4.78, 5) is 0. The maximum absolute atomic E-state index is 5.89. The van der Waals surface area contributed by atoms with Crippen molar-refractivity contribution in [2.45, 2.75) is 13.5 Å². The van der Waals surface area contributed by atoms with Gasteiger partial charge in [0.25, 0.3) is 0 Å². The largest absolute Gasteiger partial charge is 0.485 e. The van der Waals surface area contributed by atoms with E-state index in [1.54, 1.807) is 6.07 Å². The van der Waals surface area contributed by atoms with Crippen LogP contribution in [0, 0.1) is 6.92 Å². The first kappa shape index (κ1) is 11.6. The zero-order valence-electron chi connectivity index (χ0n) is 8.67. The van der Waals surface area contributed by atoms with Crippen molar-refractivity contribution >= 4 is 27.5 Å². The van der Waals surface area contributed by atoms with E-state index in [2.05, 4.69) is 15.9 Å². The molecule has 0 saturated heterocycles. The number of aryl methyl sites for hydroxylation is 1. The van der Waals surface area contributed by atoms with Gasteiger partial charge in [-0.1, -0.05) is 17.7 Å².